The molecule has 0 aromatic carbocycles. The van der Waals surface area contributed by atoms with Crippen molar-refractivity contribution in [3.05, 3.63) is 0 Å². The third-order valence-corrected chi connectivity index (χ3v) is 0. The van der Waals surface area contributed by atoms with E-state index in [2.05, 4.69) is 0 Å². The van der Waals surface area contributed by atoms with Crippen molar-refractivity contribution in [3.8, 4) is 0 Å². The zero-order chi connectivity index (χ0) is 0. The molecule has 0 aliphatic rings. The van der Waals surface area contributed by atoms with E-state index in [0.717, 1.165) is 0 Å². The molecule has 0 bridgehead atoms. The van der Waals surface area contributed by atoms with E-state index in [4.69, 9.17) is 0 Å². The number of hydrogen-bond donors (Lipinski definition) is 0. The van der Waals surface area contributed by atoms with Crippen LogP contribution < -0.4 is 0 Å². The van der Waals surface area contributed by atoms with Gasteiger partial charge in [0, 0.05) is 99.0 Å². The number of hydrogen-bond acceptors (Lipinski definition) is 0. The van der Waals surface area contributed by atoms with Crippen LogP contribution in [0.1, 0.15) is 0 Å². The Morgan fingerprint density at radius 1 is 1.00 bits per heavy atom. The van der Waals surface area contributed by atoms with Crippen LogP contribution in [-0.4, -0.2) is 48.4 Å². The van der Waals surface area contributed by atoms with Gasteiger partial charge in [0.1, 0.15) is 0 Å². The third-order valence-electron chi connectivity index (χ3n) is 0. The van der Waals surface area contributed by atoms with E-state index in [1.165, 1.54) is 0 Å². The number of rotatable bonds is 0. The summed E-state index contributed by atoms with van der Waals surface area (Å²) in [4.78, 5) is 0. The van der Waals surface area contributed by atoms with E-state index in [1.54, 1.807) is 0 Å². The Labute approximate surface area is 97.3 Å². The Hall–Kier alpha value is 3.13. The molecule has 0 nitrogen and oxygen atoms in total. The Morgan fingerprint density at radius 2 is 1.00 bits per heavy atom. The molecule has 0 saturated heterocycles. The second-order valence-corrected chi connectivity index (χ2v) is 0. The predicted octanol–water partition coefficient (Wildman–Crippen LogP) is -0.769. The molecule has 0 aromatic heterocycles. The van der Waals surface area contributed by atoms with Gasteiger partial charge >= 0.3 is 0 Å². The first-order valence-corrected chi connectivity index (χ1v) is 0. The molecule has 0 saturated carbocycles. The second-order valence-electron chi connectivity index (χ2n) is 0. The van der Waals surface area contributed by atoms with Crippen LogP contribution in [0.5, 0.6) is 0 Å². The first kappa shape index (κ1) is 42.2. The quantitative estimate of drug-likeness (QED) is 0.450. The van der Waals surface area contributed by atoms with Gasteiger partial charge in [0.25, 0.3) is 0 Å². The third kappa shape index (κ3) is 19.2. The molecular formula is FeLiMnNaNi. The van der Waals surface area contributed by atoms with Crippen molar-refractivity contribution in [3.63, 3.8) is 0 Å². The summed E-state index contributed by atoms with van der Waals surface area (Å²) < 4.78 is 0. The molecule has 0 N–H and O–H groups in total. The molecule has 3 radical (unpaired) electrons. The van der Waals surface area contributed by atoms with Gasteiger partial charge in [0.2, 0.25) is 0 Å². The van der Waals surface area contributed by atoms with Crippen LogP contribution in [0.4, 0.5) is 0 Å². The van der Waals surface area contributed by atoms with Crippen molar-refractivity contribution in [2.45, 2.75) is 0 Å². The van der Waals surface area contributed by atoms with E-state index in [-0.39, 0.29) is 99.0 Å². The van der Waals surface area contributed by atoms with Crippen LogP contribution in [0.25, 0.3) is 0 Å². The maximum absolute atomic E-state index is 0. The Morgan fingerprint density at radius 3 is 1.00 bits per heavy atom. The molecule has 0 spiro atoms. The minimum absolute atomic E-state index is 0. The molecule has 0 rings (SSSR count). The first-order valence-electron chi connectivity index (χ1n) is 0. The summed E-state index contributed by atoms with van der Waals surface area (Å²) in [5.41, 5.74) is 0. The summed E-state index contributed by atoms with van der Waals surface area (Å²) >= 11 is 0. The van der Waals surface area contributed by atoms with Crippen molar-refractivity contribution < 1.29 is 50.6 Å². The normalized spacial score (nSPS) is 0. The standard InChI is InChI=1S/Fe.Li.Mn.Na.Ni. The van der Waals surface area contributed by atoms with Crippen LogP contribution in [0, 0.1) is 0 Å². The second kappa shape index (κ2) is 27.3. The molecule has 0 aliphatic carbocycles. The van der Waals surface area contributed by atoms with Gasteiger partial charge in [-0.15, -0.1) is 0 Å². The summed E-state index contributed by atoms with van der Waals surface area (Å²) in [6, 6.07) is 0. The van der Waals surface area contributed by atoms with E-state index >= 15 is 0 Å². The van der Waals surface area contributed by atoms with Gasteiger partial charge in [-0.05, 0) is 0 Å². The van der Waals surface area contributed by atoms with Gasteiger partial charge in [-0.2, -0.15) is 0 Å². The molecule has 0 aromatic rings. The minimum Gasteiger partial charge on any atom is 0 e. The summed E-state index contributed by atoms with van der Waals surface area (Å²) in [7, 11) is 0. The van der Waals surface area contributed by atoms with Crippen LogP contribution in [-0.2, 0) is 50.6 Å². The van der Waals surface area contributed by atoms with E-state index < -0.39 is 0 Å². The monoisotopic (exact) mass is 199 g/mol. The van der Waals surface area contributed by atoms with Crippen molar-refractivity contribution in [1.82, 2.24) is 0 Å². The van der Waals surface area contributed by atoms with Crippen molar-refractivity contribution in [1.29, 1.82) is 0 Å². The SMILES string of the molecule is [Fe].[Li].[Mn].[Na].[Ni]. The van der Waals surface area contributed by atoms with E-state index in [0.29, 0.717) is 0 Å². The van der Waals surface area contributed by atoms with Crippen LogP contribution in [0.2, 0.25) is 0 Å². The molecular weight excluding hydrogens is 199 g/mol. The largest absolute Gasteiger partial charge is 0 e. The van der Waals surface area contributed by atoms with E-state index in [1.807, 2.05) is 0 Å². The Bertz CT molecular complexity index is 11.6. The summed E-state index contributed by atoms with van der Waals surface area (Å²) in [6.07, 6.45) is 0. The Kier molecular flexibility index (Phi) is 231. The average molecular weight is 199 g/mol. The van der Waals surface area contributed by atoms with Gasteiger partial charge < -0.3 is 0 Å². The Balaban J connectivity index is 0. The average Bonchev–Trinajstić information content (AvgIpc) is 0. The van der Waals surface area contributed by atoms with Crippen LogP contribution >= 0.6 is 0 Å². The molecule has 0 amide bonds. The maximum Gasteiger partial charge on any atom is 0 e. The fraction of sp³-hybridized carbons (Fsp3) is 0. The van der Waals surface area contributed by atoms with Gasteiger partial charge in [-0.25, -0.2) is 0 Å². The maximum atomic E-state index is 0. The van der Waals surface area contributed by atoms with Crippen LogP contribution in [0.15, 0.2) is 0 Å². The molecule has 0 aliphatic heterocycles. The van der Waals surface area contributed by atoms with Crippen molar-refractivity contribution in [2.75, 3.05) is 0 Å². The molecule has 0 heterocycles. The van der Waals surface area contributed by atoms with E-state index in [9.17, 15) is 0 Å². The van der Waals surface area contributed by atoms with Crippen LogP contribution in [0.3, 0.4) is 0 Å². The smallest absolute Gasteiger partial charge is 0 e. The van der Waals surface area contributed by atoms with Crippen molar-refractivity contribution >= 4 is 48.4 Å². The molecule has 5 heteroatoms. The fourth-order valence-electron chi connectivity index (χ4n) is 0. The molecule has 0 atom stereocenters. The van der Waals surface area contributed by atoms with Gasteiger partial charge in [0.15, 0.2) is 0 Å². The molecule has 27 valence electrons. The summed E-state index contributed by atoms with van der Waals surface area (Å²) in [5.74, 6) is 0. The first-order chi connectivity index (χ1) is 0. The summed E-state index contributed by atoms with van der Waals surface area (Å²) in [5, 5.41) is 0. The fourth-order valence-corrected chi connectivity index (χ4v) is 0. The molecule has 5 heavy (non-hydrogen) atoms. The minimum atomic E-state index is 0. The van der Waals surface area contributed by atoms with Gasteiger partial charge in [-0.1, -0.05) is 0 Å². The zero-order valence-electron chi connectivity index (χ0n) is 3.05. The van der Waals surface area contributed by atoms with Gasteiger partial charge in [-0.3, -0.25) is 0 Å². The molecule has 0 unspecified atom stereocenters. The summed E-state index contributed by atoms with van der Waals surface area (Å²) in [6.45, 7) is 0. The zero-order valence-corrected chi connectivity index (χ0v) is 8.32. The topological polar surface area (TPSA) is 0 Å². The van der Waals surface area contributed by atoms with Gasteiger partial charge in [0.05, 0.1) is 0 Å². The van der Waals surface area contributed by atoms with Crippen molar-refractivity contribution in [2.24, 2.45) is 0 Å². The predicted molar refractivity (Wildman–Crippen MR) is 11.5 cm³/mol. The molecule has 0 fully saturated rings.